The Hall–Kier alpha value is -3.22. The zero-order chi connectivity index (χ0) is 22.5. The molecule has 0 aromatic heterocycles. The summed E-state index contributed by atoms with van der Waals surface area (Å²) < 4.78 is 17.1. The number of nitrogens with one attached hydrogen (secondary N) is 2. The van der Waals surface area contributed by atoms with Crippen LogP contribution in [0, 0.1) is 19.8 Å². The summed E-state index contributed by atoms with van der Waals surface area (Å²) in [6.45, 7) is 6.29. The number of benzene rings is 3. The van der Waals surface area contributed by atoms with Crippen LogP contribution in [0.1, 0.15) is 39.9 Å². The highest BCUT2D eigenvalue weighted by Gasteiger charge is 2.44. The lowest BCUT2D eigenvalue weighted by atomic mass is 9.81. The Morgan fingerprint density at radius 2 is 1.73 bits per heavy atom. The van der Waals surface area contributed by atoms with Crippen molar-refractivity contribution in [1.29, 1.82) is 0 Å². The first-order valence-electron chi connectivity index (χ1n) is 11.5. The van der Waals surface area contributed by atoms with Crippen LogP contribution in [-0.2, 0) is 6.54 Å². The van der Waals surface area contributed by atoms with Crippen molar-refractivity contribution in [3.63, 3.8) is 0 Å². The molecule has 0 amide bonds. The molecule has 0 aliphatic carbocycles. The van der Waals surface area contributed by atoms with E-state index in [1.807, 2.05) is 12.1 Å². The molecule has 1 saturated heterocycles. The number of ether oxygens (including phenoxy) is 3. The average molecular weight is 444 g/mol. The molecule has 3 aliphatic heterocycles. The summed E-state index contributed by atoms with van der Waals surface area (Å²) in [5.41, 5.74) is 14.8. The van der Waals surface area contributed by atoms with Crippen LogP contribution in [0.25, 0.3) is 0 Å². The van der Waals surface area contributed by atoms with Crippen LogP contribution in [0.5, 0.6) is 17.2 Å². The molecule has 3 aromatic carbocycles. The van der Waals surface area contributed by atoms with Crippen molar-refractivity contribution in [2.45, 2.75) is 32.5 Å². The SMILES string of the molecule is COc1ccccc1CN1CC2C(c3ccc(C)c(C)c3)NNC2c2cc3c(cc21)OCO3. The van der Waals surface area contributed by atoms with E-state index in [9.17, 15) is 0 Å². The standard InChI is InChI=1S/C27H29N3O3/c1-16-8-9-18(10-17(16)2)26-21-14-30(13-19-6-4-5-7-23(19)31-3)22-12-25-24(32-15-33-25)11-20(22)27(21)29-28-26/h4-12,21,26-29H,13-15H2,1-3H3. The molecule has 3 atom stereocenters. The lowest BCUT2D eigenvalue weighted by Crippen LogP contribution is -2.39. The van der Waals surface area contributed by atoms with E-state index in [0.717, 1.165) is 30.3 Å². The van der Waals surface area contributed by atoms with E-state index in [0.29, 0.717) is 5.92 Å². The molecular weight excluding hydrogens is 414 g/mol. The first kappa shape index (κ1) is 20.4. The largest absolute Gasteiger partial charge is 0.496 e. The van der Waals surface area contributed by atoms with Crippen molar-refractivity contribution in [2.24, 2.45) is 5.92 Å². The Morgan fingerprint density at radius 1 is 0.939 bits per heavy atom. The van der Waals surface area contributed by atoms with Crippen LogP contribution in [0.3, 0.4) is 0 Å². The minimum absolute atomic E-state index is 0.190. The van der Waals surface area contributed by atoms with E-state index in [1.54, 1.807) is 7.11 Å². The monoisotopic (exact) mass is 443 g/mol. The second kappa shape index (κ2) is 7.97. The molecule has 0 saturated carbocycles. The summed E-state index contributed by atoms with van der Waals surface area (Å²) in [5, 5.41) is 0. The van der Waals surface area contributed by atoms with Gasteiger partial charge in [0.15, 0.2) is 11.5 Å². The van der Waals surface area contributed by atoms with Crippen LogP contribution in [-0.4, -0.2) is 20.4 Å². The first-order valence-corrected chi connectivity index (χ1v) is 11.5. The number of nitrogens with zero attached hydrogens (tertiary/aromatic N) is 1. The number of hydrazine groups is 1. The van der Waals surface area contributed by atoms with Gasteiger partial charge < -0.3 is 19.1 Å². The third kappa shape index (κ3) is 3.41. The van der Waals surface area contributed by atoms with E-state index in [-0.39, 0.29) is 18.9 Å². The van der Waals surface area contributed by atoms with Crippen molar-refractivity contribution in [3.8, 4) is 17.2 Å². The summed E-state index contributed by atoms with van der Waals surface area (Å²) >= 11 is 0. The van der Waals surface area contributed by atoms with Gasteiger partial charge in [0, 0.05) is 36.3 Å². The third-order valence-electron chi connectivity index (χ3n) is 7.32. The number of aryl methyl sites for hydroxylation is 2. The van der Waals surface area contributed by atoms with E-state index < -0.39 is 0 Å². The van der Waals surface area contributed by atoms with Gasteiger partial charge in [0.2, 0.25) is 6.79 Å². The Morgan fingerprint density at radius 3 is 2.55 bits per heavy atom. The molecule has 3 aliphatic rings. The lowest BCUT2D eigenvalue weighted by Gasteiger charge is -2.39. The zero-order valence-electron chi connectivity index (χ0n) is 19.2. The summed E-state index contributed by atoms with van der Waals surface area (Å²) in [6, 6.07) is 19.7. The van der Waals surface area contributed by atoms with Crippen LogP contribution >= 0.6 is 0 Å². The van der Waals surface area contributed by atoms with Gasteiger partial charge in [0.05, 0.1) is 19.2 Å². The second-order valence-corrected chi connectivity index (χ2v) is 9.21. The summed E-state index contributed by atoms with van der Waals surface area (Å²) in [5.74, 6) is 2.90. The highest BCUT2D eigenvalue weighted by atomic mass is 16.7. The van der Waals surface area contributed by atoms with Gasteiger partial charge in [-0.1, -0.05) is 36.4 Å². The smallest absolute Gasteiger partial charge is 0.231 e. The second-order valence-electron chi connectivity index (χ2n) is 9.21. The summed E-state index contributed by atoms with van der Waals surface area (Å²) in [6.07, 6.45) is 0. The number of rotatable bonds is 4. The molecule has 6 nitrogen and oxygen atoms in total. The summed E-state index contributed by atoms with van der Waals surface area (Å²) in [7, 11) is 1.73. The number of anilines is 1. The highest BCUT2D eigenvalue weighted by Crippen LogP contribution is 2.50. The van der Waals surface area contributed by atoms with Crippen LogP contribution in [0.15, 0.2) is 54.6 Å². The number of hydrogen-bond donors (Lipinski definition) is 2. The maximum Gasteiger partial charge on any atom is 0.231 e. The van der Waals surface area contributed by atoms with E-state index in [2.05, 4.69) is 72.1 Å². The molecule has 2 N–H and O–H groups in total. The van der Waals surface area contributed by atoms with Gasteiger partial charge in [-0.15, -0.1) is 0 Å². The first-order chi connectivity index (χ1) is 16.1. The Labute approximate surface area is 194 Å². The van der Waals surface area contributed by atoms with Gasteiger partial charge in [-0.3, -0.25) is 0 Å². The zero-order valence-corrected chi connectivity index (χ0v) is 19.2. The molecule has 0 bridgehead atoms. The van der Waals surface area contributed by atoms with Crippen molar-refractivity contribution < 1.29 is 14.2 Å². The molecule has 6 rings (SSSR count). The minimum atomic E-state index is 0.190. The predicted octanol–water partition coefficient (Wildman–Crippen LogP) is 4.57. The van der Waals surface area contributed by atoms with Gasteiger partial charge in [-0.2, -0.15) is 0 Å². The van der Waals surface area contributed by atoms with Crippen LogP contribution < -0.4 is 30.0 Å². The molecule has 3 unspecified atom stereocenters. The molecular formula is C27H29N3O3. The molecule has 3 heterocycles. The van der Waals surface area contributed by atoms with Gasteiger partial charge in [0.25, 0.3) is 0 Å². The molecule has 33 heavy (non-hydrogen) atoms. The third-order valence-corrected chi connectivity index (χ3v) is 7.32. The van der Waals surface area contributed by atoms with Gasteiger partial charge >= 0.3 is 0 Å². The number of methoxy groups -OCH3 is 1. The maximum absolute atomic E-state index is 5.73. The minimum Gasteiger partial charge on any atom is -0.496 e. The highest BCUT2D eigenvalue weighted by molar-refractivity contribution is 5.66. The van der Waals surface area contributed by atoms with Gasteiger partial charge in [-0.25, -0.2) is 10.9 Å². The van der Waals surface area contributed by atoms with E-state index in [4.69, 9.17) is 14.2 Å². The number of para-hydroxylation sites is 1. The lowest BCUT2D eigenvalue weighted by molar-refractivity contribution is 0.174. The number of fused-ring (bicyclic) bond motifs is 4. The Kier molecular flexibility index (Phi) is 4.93. The molecule has 3 aromatic rings. The van der Waals surface area contributed by atoms with Crippen molar-refractivity contribution in [3.05, 3.63) is 82.4 Å². The topological polar surface area (TPSA) is 55.0 Å². The molecule has 170 valence electrons. The quantitative estimate of drug-likeness (QED) is 0.616. The Balaban J connectivity index is 1.41. The molecule has 0 radical (unpaired) electrons. The Bertz CT molecular complexity index is 1210. The van der Waals surface area contributed by atoms with E-state index >= 15 is 0 Å². The normalized spacial score (nSPS) is 22.8. The van der Waals surface area contributed by atoms with Crippen molar-refractivity contribution in [2.75, 3.05) is 25.3 Å². The van der Waals surface area contributed by atoms with Crippen LogP contribution in [0.2, 0.25) is 0 Å². The maximum atomic E-state index is 5.73. The predicted molar refractivity (Wildman–Crippen MR) is 128 cm³/mol. The fourth-order valence-corrected chi connectivity index (χ4v) is 5.41. The summed E-state index contributed by atoms with van der Waals surface area (Å²) in [4.78, 5) is 2.46. The number of hydrogen-bond acceptors (Lipinski definition) is 6. The molecule has 1 fully saturated rings. The van der Waals surface area contributed by atoms with E-state index in [1.165, 1.54) is 33.5 Å². The van der Waals surface area contributed by atoms with Crippen LogP contribution in [0.4, 0.5) is 5.69 Å². The van der Waals surface area contributed by atoms with Crippen molar-refractivity contribution >= 4 is 5.69 Å². The van der Waals surface area contributed by atoms with Gasteiger partial charge in [0.1, 0.15) is 5.75 Å². The molecule has 6 heteroatoms. The van der Waals surface area contributed by atoms with Crippen molar-refractivity contribution in [1.82, 2.24) is 10.9 Å². The fraction of sp³-hybridized carbons (Fsp3) is 0.333. The molecule has 0 spiro atoms. The fourth-order valence-electron chi connectivity index (χ4n) is 5.41. The average Bonchev–Trinajstić information content (AvgIpc) is 3.47. The van der Waals surface area contributed by atoms with Gasteiger partial charge in [-0.05, 0) is 48.2 Å².